The number of anilines is 1. The highest BCUT2D eigenvalue weighted by molar-refractivity contribution is 5.96. The van der Waals surface area contributed by atoms with Crippen molar-refractivity contribution in [2.75, 3.05) is 25.6 Å². The molecule has 3 rings (SSSR count). The minimum atomic E-state index is -1.51. The molecule has 0 spiro atoms. The van der Waals surface area contributed by atoms with E-state index < -0.39 is 34.9 Å². The second-order valence-corrected chi connectivity index (χ2v) is 7.56. The Morgan fingerprint density at radius 1 is 1.14 bits per heavy atom. The minimum Gasteiger partial charge on any atom is -0.466 e. The van der Waals surface area contributed by atoms with Crippen LogP contribution in [0.5, 0.6) is 0 Å². The lowest BCUT2D eigenvalue weighted by Crippen LogP contribution is -2.57. The summed E-state index contributed by atoms with van der Waals surface area (Å²) in [6.45, 7) is 3.74. The maximum absolute atomic E-state index is 12.9. The van der Waals surface area contributed by atoms with Crippen molar-refractivity contribution in [3.63, 3.8) is 0 Å². The predicted molar refractivity (Wildman–Crippen MR) is 105 cm³/mol. The highest BCUT2D eigenvalue weighted by Crippen LogP contribution is 2.74. The van der Waals surface area contributed by atoms with Gasteiger partial charge in [0.25, 0.3) is 0 Å². The number of nitrogens with two attached hydrogens (primary N) is 1. The van der Waals surface area contributed by atoms with Crippen LogP contribution in [0.1, 0.15) is 26.7 Å². The molecule has 0 bridgehead atoms. The van der Waals surface area contributed by atoms with E-state index in [1.165, 1.54) is 7.11 Å². The first-order valence-corrected chi connectivity index (χ1v) is 9.86. The van der Waals surface area contributed by atoms with Crippen molar-refractivity contribution in [3.05, 3.63) is 30.3 Å². The number of fused-ring (bicyclic) bond motifs is 1. The molecule has 0 radical (unpaired) electrons. The normalized spacial score (nSPS) is 32.2. The molecule has 2 aliphatic rings. The Hall–Kier alpha value is -2.45. The van der Waals surface area contributed by atoms with Crippen molar-refractivity contribution < 1.29 is 28.6 Å². The van der Waals surface area contributed by atoms with E-state index in [9.17, 15) is 14.4 Å². The van der Waals surface area contributed by atoms with Gasteiger partial charge in [-0.25, -0.2) is 0 Å². The molecule has 2 saturated carbocycles. The molecule has 158 valence electrons. The Balaban J connectivity index is 1.94. The summed E-state index contributed by atoms with van der Waals surface area (Å²) < 4.78 is 16.0. The monoisotopic (exact) mass is 404 g/mol. The van der Waals surface area contributed by atoms with Gasteiger partial charge >= 0.3 is 11.9 Å². The quantitative estimate of drug-likeness (QED) is 0.631. The van der Waals surface area contributed by atoms with Crippen LogP contribution < -0.4 is 11.1 Å². The Morgan fingerprint density at radius 3 is 2.38 bits per heavy atom. The van der Waals surface area contributed by atoms with Crippen LogP contribution in [0.2, 0.25) is 0 Å². The molecule has 1 aromatic rings. The molecular formula is C21H28N2O6. The van der Waals surface area contributed by atoms with E-state index in [0.717, 1.165) is 0 Å². The number of hydrogen-bond acceptors (Lipinski definition) is 7. The number of methoxy groups -OCH3 is 1. The average molecular weight is 404 g/mol. The molecule has 0 saturated heterocycles. The Labute approximate surface area is 170 Å². The fourth-order valence-corrected chi connectivity index (χ4v) is 4.95. The zero-order valence-electron chi connectivity index (χ0n) is 17.0. The summed E-state index contributed by atoms with van der Waals surface area (Å²) in [5.41, 5.74) is 4.60. The van der Waals surface area contributed by atoms with Gasteiger partial charge in [0.05, 0.1) is 25.2 Å². The molecule has 2 aliphatic carbocycles. The van der Waals surface area contributed by atoms with Crippen molar-refractivity contribution in [2.24, 2.45) is 23.0 Å². The van der Waals surface area contributed by atoms with Crippen molar-refractivity contribution in [3.8, 4) is 0 Å². The van der Waals surface area contributed by atoms with E-state index in [1.54, 1.807) is 38.1 Å². The van der Waals surface area contributed by atoms with Crippen LogP contribution >= 0.6 is 0 Å². The molecule has 8 heteroatoms. The number of esters is 2. The highest BCUT2D eigenvalue weighted by atomic mass is 16.5. The van der Waals surface area contributed by atoms with Gasteiger partial charge in [-0.05, 0) is 26.0 Å². The van der Waals surface area contributed by atoms with Gasteiger partial charge in [-0.15, -0.1) is 0 Å². The molecule has 0 heterocycles. The fourth-order valence-electron chi connectivity index (χ4n) is 4.95. The predicted octanol–water partition coefficient (Wildman–Crippen LogP) is 1.49. The molecule has 29 heavy (non-hydrogen) atoms. The second-order valence-electron chi connectivity index (χ2n) is 7.56. The van der Waals surface area contributed by atoms with Gasteiger partial charge in [-0.1, -0.05) is 18.2 Å². The van der Waals surface area contributed by atoms with Gasteiger partial charge in [0.15, 0.2) is 0 Å². The Bertz CT molecular complexity index is 785. The summed E-state index contributed by atoms with van der Waals surface area (Å²) in [6.07, 6.45) is -0.365. The SMILES string of the molecule is CCOC(=O)C1C2C(OC)CC(N)(C(=O)OCC)C12CC(=O)Nc1ccccc1. The molecule has 3 N–H and O–H groups in total. The number of nitrogens with one attached hydrogen (secondary N) is 1. The maximum Gasteiger partial charge on any atom is 0.326 e. The van der Waals surface area contributed by atoms with E-state index in [1.807, 2.05) is 6.07 Å². The number of hydrogen-bond donors (Lipinski definition) is 2. The Kier molecular flexibility index (Phi) is 5.95. The van der Waals surface area contributed by atoms with Crippen LogP contribution in [0.25, 0.3) is 0 Å². The average Bonchev–Trinajstić information content (AvgIpc) is 3.29. The van der Waals surface area contributed by atoms with Crippen molar-refractivity contribution >= 4 is 23.5 Å². The lowest BCUT2D eigenvalue weighted by Gasteiger charge is -2.33. The van der Waals surface area contributed by atoms with Crippen LogP contribution in [0.15, 0.2) is 30.3 Å². The number of para-hydroxylation sites is 1. The van der Waals surface area contributed by atoms with E-state index in [0.29, 0.717) is 5.69 Å². The lowest BCUT2D eigenvalue weighted by atomic mass is 9.77. The minimum absolute atomic E-state index is 0.106. The summed E-state index contributed by atoms with van der Waals surface area (Å²) in [5, 5.41) is 2.81. The molecule has 2 fully saturated rings. The molecule has 0 aliphatic heterocycles. The number of benzene rings is 1. The molecule has 1 amide bonds. The number of ether oxygens (including phenoxy) is 3. The van der Waals surface area contributed by atoms with Crippen LogP contribution in [0.3, 0.4) is 0 Å². The van der Waals surface area contributed by atoms with E-state index in [4.69, 9.17) is 19.9 Å². The van der Waals surface area contributed by atoms with Gasteiger partial charge in [0.2, 0.25) is 5.91 Å². The topological polar surface area (TPSA) is 117 Å². The molecule has 5 atom stereocenters. The van der Waals surface area contributed by atoms with Crippen LogP contribution in [0, 0.1) is 17.3 Å². The van der Waals surface area contributed by atoms with Crippen LogP contribution in [-0.2, 0) is 28.6 Å². The zero-order chi connectivity index (χ0) is 21.2. The smallest absolute Gasteiger partial charge is 0.326 e. The van der Waals surface area contributed by atoms with Crippen molar-refractivity contribution in [1.29, 1.82) is 0 Å². The first-order chi connectivity index (χ1) is 13.9. The van der Waals surface area contributed by atoms with Crippen LogP contribution in [-0.4, -0.2) is 49.8 Å². The summed E-state index contributed by atoms with van der Waals surface area (Å²) in [4.78, 5) is 38.4. The lowest BCUT2D eigenvalue weighted by molar-refractivity contribution is -0.155. The molecule has 5 unspecified atom stereocenters. The third kappa shape index (κ3) is 3.40. The van der Waals surface area contributed by atoms with Gasteiger partial charge in [-0.3, -0.25) is 14.4 Å². The fraction of sp³-hybridized carbons (Fsp3) is 0.571. The maximum atomic E-state index is 12.9. The number of carbonyl (C=O) groups excluding carboxylic acids is 3. The molecule has 0 aromatic heterocycles. The molecule has 1 aromatic carbocycles. The number of amides is 1. The largest absolute Gasteiger partial charge is 0.466 e. The van der Waals surface area contributed by atoms with E-state index >= 15 is 0 Å². The first kappa shape index (κ1) is 21.3. The second kappa shape index (κ2) is 8.12. The van der Waals surface area contributed by atoms with Gasteiger partial charge in [-0.2, -0.15) is 0 Å². The van der Waals surface area contributed by atoms with Crippen molar-refractivity contribution in [2.45, 2.75) is 38.3 Å². The van der Waals surface area contributed by atoms with Gasteiger partial charge in [0, 0.05) is 37.0 Å². The first-order valence-electron chi connectivity index (χ1n) is 9.86. The zero-order valence-corrected chi connectivity index (χ0v) is 17.0. The van der Waals surface area contributed by atoms with Gasteiger partial charge in [0.1, 0.15) is 5.54 Å². The summed E-state index contributed by atoms with van der Waals surface area (Å²) in [6, 6.07) is 8.97. The number of rotatable bonds is 8. The standard InChI is InChI=1S/C21H28N2O6/c1-4-28-18(25)17-16-14(27-3)11-21(22,19(26)29-5-2)20(16,17)12-15(24)23-13-9-7-6-8-10-13/h6-10,14,16-17H,4-5,11-12,22H2,1-3H3,(H,23,24). The van der Waals surface area contributed by atoms with Gasteiger partial charge < -0.3 is 25.3 Å². The molecule has 8 nitrogen and oxygen atoms in total. The van der Waals surface area contributed by atoms with Crippen LogP contribution in [0.4, 0.5) is 5.69 Å². The summed E-state index contributed by atoms with van der Waals surface area (Å²) in [7, 11) is 1.51. The summed E-state index contributed by atoms with van der Waals surface area (Å²) in [5.74, 6) is -2.50. The highest BCUT2D eigenvalue weighted by Gasteiger charge is 2.85. The Morgan fingerprint density at radius 2 is 1.79 bits per heavy atom. The summed E-state index contributed by atoms with van der Waals surface area (Å²) >= 11 is 0. The molecular weight excluding hydrogens is 376 g/mol. The van der Waals surface area contributed by atoms with E-state index in [2.05, 4.69) is 5.32 Å². The van der Waals surface area contributed by atoms with E-state index in [-0.39, 0.29) is 37.9 Å². The number of carbonyl (C=O) groups is 3. The third-order valence-electron chi connectivity index (χ3n) is 6.15. The third-order valence-corrected chi connectivity index (χ3v) is 6.15. The van der Waals surface area contributed by atoms with Crippen molar-refractivity contribution in [1.82, 2.24) is 0 Å².